The Morgan fingerprint density at radius 2 is 2.19 bits per heavy atom. The van der Waals surface area contributed by atoms with Crippen LogP contribution in [0.4, 0.5) is 0 Å². The number of carbonyl (C=O) groups is 1. The molecule has 1 atom stereocenters. The number of amides is 1. The second kappa shape index (κ2) is 5.45. The zero-order chi connectivity index (χ0) is 17.9. The lowest BCUT2D eigenvalue weighted by Gasteiger charge is -2.30. The van der Waals surface area contributed by atoms with Gasteiger partial charge in [-0.15, -0.1) is 0 Å². The molecule has 0 bridgehead atoms. The Morgan fingerprint density at radius 3 is 3.00 bits per heavy atom. The number of nitrogens with one attached hydrogen (secondary N) is 4. The Balaban J connectivity index is 1.60. The van der Waals surface area contributed by atoms with Gasteiger partial charge >= 0.3 is 0 Å². The summed E-state index contributed by atoms with van der Waals surface area (Å²) in [5.41, 5.74) is 6.43. The lowest BCUT2D eigenvalue weighted by Crippen LogP contribution is -2.36. The SMILES string of the molecule is CC1(C)Cc2cn[nH]c2-c2[nH]c3ccc(C(=O)NC4CCNC4)cc3c21. The van der Waals surface area contributed by atoms with E-state index in [2.05, 4.69) is 39.7 Å². The Labute approximate surface area is 151 Å². The van der Waals surface area contributed by atoms with E-state index in [9.17, 15) is 4.79 Å². The number of nitrogens with zero attached hydrogens (tertiary/aromatic N) is 1. The van der Waals surface area contributed by atoms with Crippen LogP contribution in [0.25, 0.3) is 22.3 Å². The lowest BCUT2D eigenvalue weighted by atomic mass is 9.73. The monoisotopic (exact) mass is 349 g/mol. The quantitative estimate of drug-likeness (QED) is 0.573. The van der Waals surface area contributed by atoms with Crippen LogP contribution < -0.4 is 10.6 Å². The van der Waals surface area contributed by atoms with Crippen molar-refractivity contribution >= 4 is 16.8 Å². The first-order valence-corrected chi connectivity index (χ1v) is 9.23. The van der Waals surface area contributed by atoms with Gasteiger partial charge < -0.3 is 15.6 Å². The molecule has 6 heteroatoms. The van der Waals surface area contributed by atoms with Gasteiger partial charge in [0.25, 0.3) is 5.91 Å². The fourth-order valence-corrected chi connectivity index (χ4v) is 4.50. The summed E-state index contributed by atoms with van der Waals surface area (Å²) in [7, 11) is 0. The van der Waals surface area contributed by atoms with Crippen molar-refractivity contribution in [1.82, 2.24) is 25.8 Å². The fraction of sp³-hybridized carbons (Fsp3) is 0.400. The van der Waals surface area contributed by atoms with Crippen molar-refractivity contribution in [3.8, 4) is 11.4 Å². The second-order valence-corrected chi connectivity index (χ2v) is 8.13. The van der Waals surface area contributed by atoms with E-state index < -0.39 is 0 Å². The minimum absolute atomic E-state index is 0.00592. The Hall–Kier alpha value is -2.60. The van der Waals surface area contributed by atoms with Crippen LogP contribution in [0.1, 0.15) is 41.8 Å². The van der Waals surface area contributed by atoms with Crippen LogP contribution in [-0.4, -0.2) is 40.2 Å². The van der Waals surface area contributed by atoms with Crippen molar-refractivity contribution in [2.45, 2.75) is 38.1 Å². The standard InChI is InChI=1S/C20H23N5O/c1-20(2)8-12-9-22-25-17(12)18-16(20)14-7-11(3-4-15(14)24-18)19(26)23-13-5-6-21-10-13/h3-4,7,9,13,21,24H,5-6,8,10H2,1-2H3,(H,22,25)(H,23,26). The van der Waals surface area contributed by atoms with Gasteiger partial charge in [-0.2, -0.15) is 5.10 Å². The molecule has 2 aliphatic rings. The molecule has 0 spiro atoms. The van der Waals surface area contributed by atoms with Crippen molar-refractivity contribution in [3.63, 3.8) is 0 Å². The minimum atomic E-state index is -0.0189. The normalized spacial score (nSPS) is 20.8. The molecule has 5 rings (SSSR count). The lowest BCUT2D eigenvalue weighted by molar-refractivity contribution is 0.0940. The molecule has 2 aromatic heterocycles. The van der Waals surface area contributed by atoms with Crippen LogP contribution in [0.15, 0.2) is 24.4 Å². The summed E-state index contributed by atoms with van der Waals surface area (Å²) in [6.07, 6.45) is 3.84. The van der Waals surface area contributed by atoms with Gasteiger partial charge in [0.1, 0.15) is 0 Å². The molecule has 1 saturated heterocycles. The molecule has 4 N–H and O–H groups in total. The molecule has 3 aromatic rings. The maximum absolute atomic E-state index is 12.7. The van der Waals surface area contributed by atoms with Crippen LogP contribution in [0.5, 0.6) is 0 Å². The maximum atomic E-state index is 12.7. The summed E-state index contributed by atoms with van der Waals surface area (Å²) >= 11 is 0. The number of H-pyrrole nitrogens is 2. The van der Waals surface area contributed by atoms with Gasteiger partial charge in [-0.05, 0) is 48.6 Å². The number of rotatable bonds is 2. The molecule has 1 amide bonds. The minimum Gasteiger partial charge on any atom is -0.353 e. The molecule has 3 heterocycles. The zero-order valence-electron chi connectivity index (χ0n) is 15.1. The van der Waals surface area contributed by atoms with E-state index in [1.54, 1.807) is 0 Å². The maximum Gasteiger partial charge on any atom is 0.251 e. The van der Waals surface area contributed by atoms with E-state index in [0.29, 0.717) is 0 Å². The molecule has 0 saturated carbocycles. The molecule has 1 fully saturated rings. The van der Waals surface area contributed by atoms with E-state index >= 15 is 0 Å². The summed E-state index contributed by atoms with van der Waals surface area (Å²) in [6.45, 7) is 6.33. The average Bonchev–Trinajstić information content (AvgIpc) is 3.31. The first-order valence-electron chi connectivity index (χ1n) is 9.23. The van der Waals surface area contributed by atoms with Gasteiger partial charge in [0.2, 0.25) is 0 Å². The molecule has 26 heavy (non-hydrogen) atoms. The molecular formula is C20H23N5O. The summed E-state index contributed by atoms with van der Waals surface area (Å²) in [4.78, 5) is 16.2. The van der Waals surface area contributed by atoms with Gasteiger partial charge in [-0.25, -0.2) is 0 Å². The average molecular weight is 349 g/mol. The van der Waals surface area contributed by atoms with Gasteiger partial charge in [0, 0.05) is 34.6 Å². The molecular weight excluding hydrogens is 326 g/mol. The summed E-state index contributed by atoms with van der Waals surface area (Å²) in [6, 6.07) is 6.18. The predicted molar refractivity (Wildman–Crippen MR) is 101 cm³/mol. The van der Waals surface area contributed by atoms with Gasteiger partial charge in [-0.3, -0.25) is 9.89 Å². The summed E-state index contributed by atoms with van der Waals surface area (Å²) in [5, 5.41) is 14.9. The molecule has 6 nitrogen and oxygen atoms in total. The van der Waals surface area contributed by atoms with Crippen LogP contribution in [0.3, 0.4) is 0 Å². The second-order valence-electron chi connectivity index (χ2n) is 8.13. The van der Waals surface area contributed by atoms with Crippen LogP contribution in [0.2, 0.25) is 0 Å². The number of carbonyl (C=O) groups excluding carboxylic acids is 1. The molecule has 0 radical (unpaired) electrons. The van der Waals surface area contributed by atoms with E-state index in [1.807, 2.05) is 24.4 Å². The number of hydrogen-bond donors (Lipinski definition) is 4. The molecule has 1 aliphatic heterocycles. The Morgan fingerprint density at radius 1 is 1.31 bits per heavy atom. The number of benzene rings is 1. The third-order valence-electron chi connectivity index (χ3n) is 5.73. The molecule has 1 unspecified atom stereocenters. The highest BCUT2D eigenvalue weighted by atomic mass is 16.1. The van der Waals surface area contributed by atoms with Crippen molar-refractivity contribution < 1.29 is 4.79 Å². The van der Waals surface area contributed by atoms with Gasteiger partial charge in [0.05, 0.1) is 17.6 Å². The van der Waals surface area contributed by atoms with Crippen LogP contribution >= 0.6 is 0 Å². The van der Waals surface area contributed by atoms with Crippen LogP contribution in [0, 0.1) is 0 Å². The first-order chi connectivity index (χ1) is 12.5. The van der Waals surface area contributed by atoms with E-state index in [0.717, 1.165) is 53.8 Å². The van der Waals surface area contributed by atoms with Crippen molar-refractivity contribution in [2.24, 2.45) is 0 Å². The third-order valence-corrected chi connectivity index (χ3v) is 5.73. The van der Waals surface area contributed by atoms with Gasteiger partial charge in [0.15, 0.2) is 0 Å². The number of fused-ring (bicyclic) bond motifs is 5. The fourth-order valence-electron chi connectivity index (χ4n) is 4.50. The van der Waals surface area contributed by atoms with Crippen molar-refractivity contribution in [3.05, 3.63) is 41.1 Å². The highest BCUT2D eigenvalue weighted by molar-refractivity contribution is 6.01. The zero-order valence-corrected chi connectivity index (χ0v) is 15.1. The summed E-state index contributed by atoms with van der Waals surface area (Å²) < 4.78 is 0. The van der Waals surface area contributed by atoms with Crippen LogP contribution in [-0.2, 0) is 11.8 Å². The van der Waals surface area contributed by atoms with Crippen molar-refractivity contribution in [2.75, 3.05) is 13.1 Å². The van der Waals surface area contributed by atoms with Gasteiger partial charge in [-0.1, -0.05) is 13.8 Å². The molecule has 1 aliphatic carbocycles. The predicted octanol–water partition coefficient (Wildman–Crippen LogP) is 2.48. The van der Waals surface area contributed by atoms with E-state index in [-0.39, 0.29) is 17.4 Å². The summed E-state index contributed by atoms with van der Waals surface area (Å²) in [5.74, 6) is 0.00592. The van der Waals surface area contributed by atoms with E-state index in [1.165, 1.54) is 11.1 Å². The first kappa shape index (κ1) is 15.6. The third kappa shape index (κ3) is 2.29. The Kier molecular flexibility index (Phi) is 3.28. The smallest absolute Gasteiger partial charge is 0.251 e. The molecule has 1 aromatic carbocycles. The highest BCUT2D eigenvalue weighted by Gasteiger charge is 2.35. The largest absolute Gasteiger partial charge is 0.353 e. The van der Waals surface area contributed by atoms with Crippen molar-refractivity contribution in [1.29, 1.82) is 0 Å². The topological polar surface area (TPSA) is 85.6 Å². The molecule has 134 valence electrons. The number of hydrogen-bond acceptors (Lipinski definition) is 3. The number of aromatic nitrogens is 3. The highest BCUT2D eigenvalue weighted by Crippen LogP contribution is 2.45. The number of aromatic amines is 2. The van der Waals surface area contributed by atoms with E-state index in [4.69, 9.17) is 0 Å². The Bertz CT molecular complexity index is 1010.